The first kappa shape index (κ1) is 51.3. The van der Waals surface area contributed by atoms with Crippen molar-refractivity contribution in [1.82, 2.24) is 0 Å². The first-order valence-electron chi connectivity index (χ1n) is 16.4. The molecule has 0 bridgehead atoms. The monoisotopic (exact) mass is 794 g/mol. The third kappa shape index (κ3) is 47.3. The van der Waals surface area contributed by atoms with Gasteiger partial charge in [0.1, 0.15) is 0 Å². The molecule has 1 atom stereocenters. The van der Waals surface area contributed by atoms with Crippen molar-refractivity contribution in [2.24, 2.45) is 0 Å². The van der Waals surface area contributed by atoms with E-state index in [9.17, 15) is 0 Å². The Morgan fingerprint density at radius 3 is 0.453 bits per heavy atom. The highest BCUT2D eigenvalue weighted by atomic mass is 31.0. The SMILES string of the molecule is CC#CC#CC#CC#CC#CC#CC#CC#CC#CC#CC#CC#CC#CC#CC#CB(C)C#CC#CC#CC#CC#CC#CC#CC#CC#CC#CC#CC#CC#CC#CC#CP. The zero-order valence-electron chi connectivity index (χ0n) is 33.2. The molecule has 0 radical (unpaired) electrons. The molecule has 0 spiro atoms. The van der Waals surface area contributed by atoms with Crippen molar-refractivity contribution >= 4 is 16.0 Å². The summed E-state index contributed by atoms with van der Waals surface area (Å²) in [6.07, 6.45) is 0. The lowest BCUT2D eigenvalue weighted by Crippen LogP contribution is -1.98. The summed E-state index contributed by atoms with van der Waals surface area (Å²) in [4.78, 5) is 0. The lowest BCUT2D eigenvalue weighted by Gasteiger charge is -1.77. The van der Waals surface area contributed by atoms with Gasteiger partial charge in [-0.25, -0.2) is 0 Å². The van der Waals surface area contributed by atoms with Gasteiger partial charge in [0.15, 0.2) is 0 Å². The zero-order chi connectivity index (χ0) is 46.0. The summed E-state index contributed by atoms with van der Waals surface area (Å²) < 4.78 is 0. The predicted octanol–water partition coefficient (Wildman–Crippen LogP) is 1.14. The molecule has 0 saturated heterocycles. The molecule has 0 heterocycles. The summed E-state index contributed by atoms with van der Waals surface area (Å²) in [6, 6.07) is 0. The molecule has 264 valence electrons. The summed E-state index contributed by atoms with van der Waals surface area (Å²) in [5.74, 6) is 150. The molecule has 0 aliphatic carbocycles. The molecule has 1 unspecified atom stereocenters. The fourth-order valence-electron chi connectivity index (χ4n) is 2.05. The number of hydrogen-bond acceptors (Lipinski definition) is 0. The smallest absolute Gasteiger partial charge is 0.124 e. The van der Waals surface area contributed by atoms with Gasteiger partial charge in [-0.2, -0.15) is 0 Å². The highest BCUT2D eigenvalue weighted by Crippen LogP contribution is 1.74. The fraction of sp³-hybridized carbons (Fsp3) is 0.0323. The van der Waals surface area contributed by atoms with E-state index in [0.717, 1.165) is 0 Å². The highest BCUT2D eigenvalue weighted by Gasteiger charge is 1.93. The van der Waals surface area contributed by atoms with Crippen LogP contribution >= 0.6 is 9.24 Å². The van der Waals surface area contributed by atoms with Crippen LogP contribution < -0.4 is 0 Å². The van der Waals surface area contributed by atoms with Crippen LogP contribution in [-0.2, 0) is 0 Å². The summed E-state index contributed by atoms with van der Waals surface area (Å²) >= 11 is 0. The first-order chi connectivity index (χ1) is 31.8. The Balaban J connectivity index is 4.64. The van der Waals surface area contributed by atoms with Gasteiger partial charge in [0, 0.05) is 142 Å². The number of rotatable bonds is 0. The topological polar surface area (TPSA) is 0 Å². The van der Waals surface area contributed by atoms with E-state index >= 15 is 0 Å². The molecule has 0 saturated carbocycles. The van der Waals surface area contributed by atoms with E-state index in [-0.39, 0.29) is 6.71 Å². The predicted molar refractivity (Wildman–Crippen MR) is 260 cm³/mol. The van der Waals surface area contributed by atoms with Crippen molar-refractivity contribution in [2.45, 2.75) is 13.7 Å². The van der Waals surface area contributed by atoms with Crippen LogP contribution in [0.1, 0.15) is 6.92 Å². The lowest BCUT2D eigenvalue weighted by atomic mass is 9.54. The van der Waals surface area contributed by atoms with Crippen LogP contribution in [-0.4, -0.2) is 6.71 Å². The molecule has 0 aliphatic rings. The van der Waals surface area contributed by atoms with Crippen LogP contribution in [0.3, 0.4) is 0 Å². The van der Waals surface area contributed by atoms with Crippen LogP contribution in [0.4, 0.5) is 0 Å². The molecular formula is C62H8BP. The molecule has 0 nitrogen and oxygen atoms in total. The van der Waals surface area contributed by atoms with Gasteiger partial charge < -0.3 is 0 Å². The van der Waals surface area contributed by atoms with E-state index in [1.807, 2.05) is 0 Å². The van der Waals surface area contributed by atoms with Crippen LogP contribution in [0.15, 0.2) is 0 Å². The van der Waals surface area contributed by atoms with Crippen LogP contribution in [0.25, 0.3) is 0 Å². The maximum Gasteiger partial charge on any atom is 0.314 e. The minimum Gasteiger partial charge on any atom is -0.124 e. The van der Waals surface area contributed by atoms with Crippen molar-refractivity contribution in [2.75, 3.05) is 0 Å². The quantitative estimate of drug-likeness (QED) is 0.197. The summed E-state index contributed by atoms with van der Waals surface area (Å²) in [5, 5.41) is 0. The first-order valence-corrected chi connectivity index (χ1v) is 17.0. The van der Waals surface area contributed by atoms with Gasteiger partial charge >= 0.3 is 6.71 Å². The van der Waals surface area contributed by atoms with Crippen molar-refractivity contribution < 1.29 is 0 Å². The molecule has 0 aromatic rings. The molecule has 0 amide bonds. The largest absolute Gasteiger partial charge is 0.314 e. The van der Waals surface area contributed by atoms with Crippen LogP contribution in [0.2, 0.25) is 6.82 Å². The average molecular weight is 795 g/mol. The standard InChI is InChI=1S/C62H8BP/c1-3-4-5-6-7-8-9-10-11-12-13-14-15-16-17-18-21-24-27-30-33-36-39-42-45-48-51-54-57-60-63(2)61-58-55-52-49-46-43-40-37-34-31-28-25-22-19-20-23-26-29-32-35-38-41-44-47-50-53-56-59-62-64/h64H2,1-2H3. The Morgan fingerprint density at radius 1 is 0.188 bits per heavy atom. The summed E-state index contributed by atoms with van der Waals surface area (Å²) in [5.41, 5.74) is 2.54. The minimum absolute atomic E-state index is 0.266. The van der Waals surface area contributed by atoms with Crippen LogP contribution in [0, 0.1) is 355 Å². The molecule has 2 heteroatoms. The molecule has 0 N–H and O–H groups in total. The highest BCUT2D eigenvalue weighted by molar-refractivity contribution is 7.23. The molecule has 0 aliphatic heterocycles. The molecule has 0 rings (SSSR count). The van der Waals surface area contributed by atoms with E-state index in [2.05, 4.69) is 364 Å². The van der Waals surface area contributed by atoms with Crippen molar-refractivity contribution in [3.63, 3.8) is 0 Å². The van der Waals surface area contributed by atoms with E-state index < -0.39 is 0 Å². The Hall–Kier alpha value is -12.7. The second-order valence-electron chi connectivity index (χ2n) is 8.40. The third-order valence-electron chi connectivity index (χ3n) is 4.15. The van der Waals surface area contributed by atoms with Crippen LogP contribution in [0.5, 0.6) is 0 Å². The minimum atomic E-state index is -0.266. The van der Waals surface area contributed by atoms with Crippen molar-refractivity contribution in [3.05, 3.63) is 0 Å². The Kier molecular flexibility index (Phi) is 38.7. The van der Waals surface area contributed by atoms with Gasteiger partial charge in [-0.3, -0.25) is 0 Å². The maximum absolute atomic E-state index is 2.85. The second kappa shape index (κ2) is 48.3. The van der Waals surface area contributed by atoms with Gasteiger partial charge in [0.05, 0.1) is 0 Å². The van der Waals surface area contributed by atoms with Crippen molar-refractivity contribution in [3.8, 4) is 355 Å². The fourth-order valence-corrected chi connectivity index (χ4v) is 2.12. The molecular weight excluding hydrogens is 786 g/mol. The Bertz CT molecular complexity index is 3730. The van der Waals surface area contributed by atoms with Gasteiger partial charge in [-0.1, -0.05) is 27.6 Å². The summed E-state index contributed by atoms with van der Waals surface area (Å²) in [6.45, 7) is 3.22. The zero-order valence-corrected chi connectivity index (χ0v) is 34.3. The second-order valence-corrected chi connectivity index (χ2v) is 8.69. The van der Waals surface area contributed by atoms with Crippen molar-refractivity contribution in [1.29, 1.82) is 0 Å². The van der Waals surface area contributed by atoms with E-state index in [1.54, 1.807) is 13.7 Å². The normalized spacial score (nSPS) is 4.17. The molecule has 64 heavy (non-hydrogen) atoms. The van der Waals surface area contributed by atoms with Gasteiger partial charge in [0.25, 0.3) is 0 Å². The summed E-state index contributed by atoms with van der Waals surface area (Å²) in [7, 11) is 2.23. The molecule has 0 fully saturated rings. The lowest BCUT2D eigenvalue weighted by molar-refractivity contribution is 1.92. The molecule has 0 aromatic carbocycles. The maximum atomic E-state index is 2.85. The van der Waals surface area contributed by atoms with E-state index in [0.29, 0.717) is 0 Å². The van der Waals surface area contributed by atoms with E-state index in [4.69, 9.17) is 0 Å². The van der Waals surface area contributed by atoms with Gasteiger partial charge in [0.2, 0.25) is 0 Å². The third-order valence-corrected chi connectivity index (χ3v) is 4.29. The molecule has 0 aromatic heterocycles. The number of hydrogen-bond donors (Lipinski definition) is 0. The Morgan fingerprint density at radius 2 is 0.312 bits per heavy atom. The van der Waals surface area contributed by atoms with Gasteiger partial charge in [-0.15, -0.1) is 11.6 Å². The van der Waals surface area contributed by atoms with E-state index in [1.165, 1.54) is 0 Å². The average Bonchev–Trinajstić information content (AvgIpc) is 3.30. The van der Waals surface area contributed by atoms with Gasteiger partial charge in [-0.05, 0) is 196 Å². The Labute approximate surface area is 382 Å².